The molecule has 2 saturated carbocycles. The van der Waals surface area contributed by atoms with Crippen molar-refractivity contribution in [2.45, 2.75) is 178 Å². The number of hydrogen-bond acceptors (Lipinski definition) is 5. The highest BCUT2D eigenvalue weighted by Crippen LogP contribution is 2.56. The molecule has 0 spiro atoms. The number of carbonyl (C=O) groups is 1. The first-order valence-corrected chi connectivity index (χ1v) is 24.2. The van der Waals surface area contributed by atoms with Gasteiger partial charge in [0.2, 0.25) is 0 Å². The normalized spacial score (nSPS) is 28.9. The van der Waals surface area contributed by atoms with Gasteiger partial charge in [-0.15, -0.1) is 0 Å². The number of nitrogens with zero attached hydrogens (tertiary/aromatic N) is 1. The maximum absolute atomic E-state index is 13.0. The molecule has 61 heavy (non-hydrogen) atoms. The summed E-state index contributed by atoms with van der Waals surface area (Å²) in [7, 11) is 0. The number of benzene rings is 4. The third-order valence-corrected chi connectivity index (χ3v) is 16.5. The summed E-state index contributed by atoms with van der Waals surface area (Å²) in [5.41, 5.74) is 18.8. The van der Waals surface area contributed by atoms with Crippen LogP contribution < -0.4 is 5.73 Å². The van der Waals surface area contributed by atoms with E-state index in [-0.39, 0.29) is 16.6 Å². The Morgan fingerprint density at radius 2 is 1.26 bits per heavy atom. The zero-order valence-electron chi connectivity index (χ0n) is 37.7. The van der Waals surface area contributed by atoms with Crippen molar-refractivity contribution < 1.29 is 15.0 Å². The monoisotopic (exact) mass is 821 g/mol. The van der Waals surface area contributed by atoms with Gasteiger partial charge in [-0.3, -0.25) is 9.79 Å². The molecule has 2 fully saturated rings. The maximum Gasteiger partial charge on any atom is 0.167 e. The first kappa shape index (κ1) is 43.6. The molecule has 0 bridgehead atoms. The minimum atomic E-state index is -0.492. The summed E-state index contributed by atoms with van der Waals surface area (Å²) in [6.07, 6.45) is 20.4. The maximum atomic E-state index is 13.0. The minimum Gasteiger partial charge on any atom is -0.398 e. The molecular formula is C56H72N2O3. The molecule has 0 saturated heterocycles. The summed E-state index contributed by atoms with van der Waals surface area (Å²) in [5.74, 6) is 1.26. The number of para-hydroxylation sites is 2. The lowest BCUT2D eigenvalue weighted by atomic mass is 9.56. The molecule has 5 heteroatoms. The van der Waals surface area contributed by atoms with Crippen LogP contribution in [0, 0.1) is 11.8 Å². The summed E-state index contributed by atoms with van der Waals surface area (Å²) in [4.78, 5) is 18.0. The smallest absolute Gasteiger partial charge is 0.167 e. The number of nitrogen functional groups attached to an aromatic ring is 1. The Balaban J connectivity index is 0.000000168. The van der Waals surface area contributed by atoms with Gasteiger partial charge in [0, 0.05) is 24.1 Å². The standard InChI is InChI=1S/C28H37NO2.C28H35NO/c1-3-14-27(31)15-16-28(4-2)23(19-27)10-7-9-20-17-22(12-13-24(20)28)26(30)18-21-8-5-6-11-25(21)29;1-3-14-27(30)15-16-28(4-2)23(19-27)10-7-9-20-17-22(12-13-24(20)28)26-18-21-8-5-6-11-25(21)29-26/h5-6,8,11-13,17,23,31H,3-4,7,9-10,14-16,18-19,29H2,1-2H3;5-6,8,11-13,17,23,30H,3-4,7,9-10,14-16,18-19H2,1-2H3/t2*23-,27+,28+/m00/s1. The van der Waals surface area contributed by atoms with Crippen molar-refractivity contribution in [2.24, 2.45) is 16.8 Å². The Morgan fingerprint density at radius 1 is 0.689 bits per heavy atom. The Labute approximate surface area is 366 Å². The van der Waals surface area contributed by atoms with E-state index < -0.39 is 11.2 Å². The van der Waals surface area contributed by atoms with E-state index in [9.17, 15) is 15.0 Å². The van der Waals surface area contributed by atoms with Crippen LogP contribution in [-0.4, -0.2) is 32.9 Å². The number of aliphatic imine (C=N–C) groups is 1. The lowest BCUT2D eigenvalue weighted by Crippen LogP contribution is -2.47. The first-order chi connectivity index (χ1) is 29.5. The summed E-state index contributed by atoms with van der Waals surface area (Å²) in [6.45, 7) is 9.05. The molecule has 4 aliphatic carbocycles. The van der Waals surface area contributed by atoms with Crippen LogP contribution in [0.1, 0.15) is 180 Å². The number of anilines is 1. The van der Waals surface area contributed by atoms with Gasteiger partial charge >= 0.3 is 0 Å². The zero-order chi connectivity index (χ0) is 42.8. The highest BCUT2D eigenvalue weighted by Gasteiger charge is 2.51. The van der Waals surface area contributed by atoms with Gasteiger partial charge in [-0.1, -0.05) is 101 Å². The van der Waals surface area contributed by atoms with E-state index in [1.54, 1.807) is 5.56 Å². The Hall–Kier alpha value is -4.06. The van der Waals surface area contributed by atoms with E-state index in [2.05, 4.69) is 82.3 Å². The van der Waals surface area contributed by atoms with E-state index in [0.29, 0.717) is 23.9 Å². The lowest BCUT2D eigenvalue weighted by molar-refractivity contribution is -0.0545. The van der Waals surface area contributed by atoms with Crippen LogP contribution >= 0.6 is 0 Å². The average Bonchev–Trinajstić information content (AvgIpc) is 3.55. The van der Waals surface area contributed by atoms with E-state index >= 15 is 0 Å². The van der Waals surface area contributed by atoms with Crippen molar-refractivity contribution in [3.63, 3.8) is 0 Å². The first-order valence-electron chi connectivity index (χ1n) is 24.2. The van der Waals surface area contributed by atoms with E-state index in [0.717, 1.165) is 113 Å². The van der Waals surface area contributed by atoms with E-state index in [1.807, 2.05) is 30.3 Å². The Kier molecular flexibility index (Phi) is 12.8. The van der Waals surface area contributed by atoms with Gasteiger partial charge in [0.25, 0.3) is 0 Å². The number of aryl methyl sites for hydroxylation is 2. The van der Waals surface area contributed by atoms with Crippen molar-refractivity contribution in [1.82, 2.24) is 0 Å². The fourth-order valence-corrected chi connectivity index (χ4v) is 13.3. The Morgan fingerprint density at radius 3 is 1.85 bits per heavy atom. The molecule has 4 aromatic carbocycles. The summed E-state index contributed by atoms with van der Waals surface area (Å²) >= 11 is 0. The molecule has 9 rings (SSSR count). The van der Waals surface area contributed by atoms with Gasteiger partial charge < -0.3 is 15.9 Å². The molecule has 324 valence electrons. The number of nitrogens with two attached hydrogens (primary N) is 1. The lowest BCUT2D eigenvalue weighted by Gasteiger charge is -2.50. The van der Waals surface area contributed by atoms with E-state index in [1.165, 1.54) is 59.2 Å². The number of rotatable bonds is 10. The molecule has 5 aliphatic rings. The molecule has 4 N–H and O–H groups in total. The third-order valence-electron chi connectivity index (χ3n) is 16.5. The van der Waals surface area contributed by atoms with Gasteiger partial charge in [0.05, 0.1) is 22.6 Å². The van der Waals surface area contributed by atoms with Crippen LogP contribution in [0.5, 0.6) is 0 Å². The van der Waals surface area contributed by atoms with Crippen LogP contribution in [0.4, 0.5) is 11.4 Å². The molecule has 1 heterocycles. The molecule has 0 unspecified atom stereocenters. The Bertz CT molecular complexity index is 2240. The molecule has 0 radical (unpaired) electrons. The predicted octanol–water partition coefficient (Wildman–Crippen LogP) is 12.7. The SMILES string of the molecule is CCC[C@@]1(O)CC[C@@]2(CC)c3ccc(C(=O)Cc4ccccc4N)cc3CCC[C@H]2C1.CCC[C@@]1(O)CC[C@@]2(CC)c3ccc(C4=Nc5ccccc5C4)cc3CCC[C@H]2C1. The second kappa shape index (κ2) is 18.0. The van der Waals surface area contributed by atoms with Crippen LogP contribution in [0.2, 0.25) is 0 Å². The van der Waals surface area contributed by atoms with Crippen LogP contribution in [0.25, 0.3) is 0 Å². The fraction of sp³-hybridized carbons (Fsp3) is 0.536. The molecule has 4 aromatic rings. The topological polar surface area (TPSA) is 95.9 Å². The number of Topliss-reactive ketones (excluding diaryl/α,β-unsaturated/α-hetero) is 1. The molecule has 0 amide bonds. The quantitative estimate of drug-likeness (QED) is 0.110. The molecule has 6 atom stereocenters. The summed E-state index contributed by atoms with van der Waals surface area (Å²) in [5, 5.41) is 22.4. The molecular weight excluding hydrogens is 749 g/mol. The van der Waals surface area contributed by atoms with Crippen molar-refractivity contribution in [3.8, 4) is 0 Å². The summed E-state index contributed by atoms with van der Waals surface area (Å²) < 4.78 is 0. The number of hydrogen-bond donors (Lipinski definition) is 3. The fourth-order valence-electron chi connectivity index (χ4n) is 13.3. The second-order valence-electron chi connectivity index (χ2n) is 20.0. The van der Waals surface area contributed by atoms with Crippen LogP contribution in [-0.2, 0) is 36.5 Å². The number of carbonyl (C=O) groups excluding carboxylic acids is 1. The number of ketones is 1. The van der Waals surface area contributed by atoms with E-state index in [4.69, 9.17) is 10.7 Å². The van der Waals surface area contributed by atoms with Crippen molar-refractivity contribution >= 4 is 22.9 Å². The molecule has 0 aromatic heterocycles. The van der Waals surface area contributed by atoms with Gasteiger partial charge in [-0.2, -0.15) is 0 Å². The van der Waals surface area contributed by atoms with Gasteiger partial charge in [-0.25, -0.2) is 0 Å². The highest BCUT2D eigenvalue weighted by atomic mass is 16.3. The zero-order valence-corrected chi connectivity index (χ0v) is 37.7. The molecule has 1 aliphatic heterocycles. The average molecular weight is 821 g/mol. The minimum absolute atomic E-state index is 0.132. The second-order valence-corrected chi connectivity index (χ2v) is 20.0. The highest BCUT2D eigenvalue weighted by molar-refractivity contribution is 6.06. The van der Waals surface area contributed by atoms with Crippen molar-refractivity contribution in [1.29, 1.82) is 0 Å². The van der Waals surface area contributed by atoms with Gasteiger partial charge in [0.15, 0.2) is 5.78 Å². The summed E-state index contributed by atoms with van der Waals surface area (Å²) in [6, 6.07) is 29.8. The predicted molar refractivity (Wildman–Crippen MR) is 252 cm³/mol. The van der Waals surface area contributed by atoms with Crippen LogP contribution in [0.15, 0.2) is 89.9 Å². The molecule has 5 nitrogen and oxygen atoms in total. The van der Waals surface area contributed by atoms with Crippen molar-refractivity contribution in [2.75, 3.05) is 5.73 Å². The van der Waals surface area contributed by atoms with Crippen molar-refractivity contribution in [3.05, 3.63) is 129 Å². The largest absolute Gasteiger partial charge is 0.398 e. The number of aliphatic hydroxyl groups is 2. The van der Waals surface area contributed by atoms with Crippen LogP contribution in [0.3, 0.4) is 0 Å². The van der Waals surface area contributed by atoms with Gasteiger partial charge in [0.1, 0.15) is 0 Å². The third kappa shape index (κ3) is 8.55. The van der Waals surface area contributed by atoms with Gasteiger partial charge in [-0.05, 0) is 189 Å². The number of fused-ring (bicyclic) bond motifs is 7.